The fraction of sp³-hybridized carbons (Fsp3) is 0.545. The van der Waals surface area contributed by atoms with E-state index >= 15 is 0 Å². The molecule has 0 aromatic carbocycles. The van der Waals surface area contributed by atoms with Crippen LogP contribution in [0.2, 0.25) is 0 Å². The van der Waals surface area contributed by atoms with Crippen molar-refractivity contribution in [3.05, 3.63) is 24.1 Å². The number of hydrogen-bond acceptors (Lipinski definition) is 3. The smallest absolute Gasteiger partial charge is 0.165 e. The van der Waals surface area contributed by atoms with Gasteiger partial charge in [-0.2, -0.15) is 0 Å². The molecule has 1 aromatic rings. The first-order chi connectivity index (χ1) is 7.18. The van der Waals surface area contributed by atoms with E-state index in [1.807, 2.05) is 11.8 Å². The molecule has 82 valence electrons. The summed E-state index contributed by atoms with van der Waals surface area (Å²) in [7, 11) is 0. The van der Waals surface area contributed by atoms with Crippen molar-refractivity contribution in [3.8, 4) is 0 Å². The van der Waals surface area contributed by atoms with Gasteiger partial charge < -0.3 is 10.0 Å². The van der Waals surface area contributed by atoms with Crippen molar-refractivity contribution in [1.82, 2.24) is 4.98 Å². The lowest BCUT2D eigenvalue weighted by Gasteiger charge is -2.35. The second kappa shape index (κ2) is 4.14. The molecule has 1 N–H and O–H groups in total. The number of aliphatic hydroxyl groups excluding tert-OH is 1. The van der Waals surface area contributed by atoms with Crippen LogP contribution in [-0.2, 0) is 0 Å². The zero-order chi connectivity index (χ0) is 10.8. The quantitative estimate of drug-likeness (QED) is 0.761. The zero-order valence-electron chi connectivity index (χ0n) is 8.73. The SMILES string of the molecule is CC1CN(c2ncccc2F)CCC1O. The summed E-state index contributed by atoms with van der Waals surface area (Å²) in [4.78, 5) is 5.93. The molecule has 4 heteroatoms. The highest BCUT2D eigenvalue weighted by molar-refractivity contribution is 5.40. The fourth-order valence-corrected chi connectivity index (χ4v) is 1.94. The summed E-state index contributed by atoms with van der Waals surface area (Å²) in [5, 5.41) is 9.57. The van der Waals surface area contributed by atoms with E-state index in [-0.39, 0.29) is 17.8 Å². The Kier molecular flexibility index (Phi) is 2.86. The number of piperidine rings is 1. The van der Waals surface area contributed by atoms with Crippen LogP contribution in [0.15, 0.2) is 18.3 Å². The lowest BCUT2D eigenvalue weighted by molar-refractivity contribution is 0.0966. The summed E-state index contributed by atoms with van der Waals surface area (Å²) in [6.45, 7) is 3.30. The minimum Gasteiger partial charge on any atom is -0.393 e. The molecule has 1 aliphatic heterocycles. The average Bonchev–Trinajstić information content (AvgIpc) is 2.23. The van der Waals surface area contributed by atoms with E-state index in [0.717, 1.165) is 0 Å². The second-order valence-electron chi connectivity index (χ2n) is 4.09. The van der Waals surface area contributed by atoms with Crippen LogP contribution < -0.4 is 4.90 Å². The van der Waals surface area contributed by atoms with E-state index in [1.165, 1.54) is 6.07 Å². The summed E-state index contributed by atoms with van der Waals surface area (Å²) in [6, 6.07) is 3.00. The maximum atomic E-state index is 13.4. The van der Waals surface area contributed by atoms with Gasteiger partial charge in [-0.15, -0.1) is 0 Å². The van der Waals surface area contributed by atoms with Gasteiger partial charge in [0.1, 0.15) is 0 Å². The third kappa shape index (κ3) is 2.09. The summed E-state index contributed by atoms with van der Waals surface area (Å²) in [5.41, 5.74) is 0. The van der Waals surface area contributed by atoms with E-state index in [1.54, 1.807) is 12.3 Å². The molecule has 2 heterocycles. The van der Waals surface area contributed by atoms with Gasteiger partial charge in [0.15, 0.2) is 11.6 Å². The first kappa shape index (κ1) is 10.4. The molecule has 1 aromatic heterocycles. The molecule has 1 saturated heterocycles. The lowest BCUT2D eigenvalue weighted by Crippen LogP contribution is -2.42. The molecular weight excluding hydrogens is 195 g/mol. The van der Waals surface area contributed by atoms with Crippen molar-refractivity contribution in [2.75, 3.05) is 18.0 Å². The predicted octanol–water partition coefficient (Wildman–Crippen LogP) is 1.43. The third-order valence-electron chi connectivity index (χ3n) is 2.90. The second-order valence-corrected chi connectivity index (χ2v) is 4.09. The standard InChI is InChI=1S/C11H15FN2O/c1-8-7-14(6-4-10(8)15)11-9(12)3-2-5-13-11/h2-3,5,8,10,15H,4,6-7H2,1H3. The van der Waals surface area contributed by atoms with Gasteiger partial charge in [-0.25, -0.2) is 9.37 Å². The molecule has 0 saturated carbocycles. The number of halogens is 1. The van der Waals surface area contributed by atoms with E-state index in [0.29, 0.717) is 25.3 Å². The number of anilines is 1. The van der Waals surface area contributed by atoms with Crippen LogP contribution >= 0.6 is 0 Å². The fourth-order valence-electron chi connectivity index (χ4n) is 1.94. The van der Waals surface area contributed by atoms with E-state index in [2.05, 4.69) is 4.98 Å². The van der Waals surface area contributed by atoms with Crippen molar-refractivity contribution in [2.45, 2.75) is 19.4 Å². The van der Waals surface area contributed by atoms with Gasteiger partial charge in [-0.1, -0.05) is 6.92 Å². The Morgan fingerprint density at radius 3 is 3.07 bits per heavy atom. The van der Waals surface area contributed by atoms with E-state index in [4.69, 9.17) is 0 Å². The van der Waals surface area contributed by atoms with Gasteiger partial charge in [-0.05, 0) is 24.5 Å². The maximum absolute atomic E-state index is 13.4. The number of pyridine rings is 1. The Hall–Kier alpha value is -1.16. The monoisotopic (exact) mass is 210 g/mol. The number of aromatic nitrogens is 1. The molecule has 0 amide bonds. The van der Waals surface area contributed by atoms with Crippen LogP contribution in [0.5, 0.6) is 0 Å². The van der Waals surface area contributed by atoms with Crippen LogP contribution in [-0.4, -0.2) is 29.3 Å². The van der Waals surface area contributed by atoms with Crippen LogP contribution in [0.3, 0.4) is 0 Å². The van der Waals surface area contributed by atoms with Gasteiger partial charge in [0.25, 0.3) is 0 Å². The van der Waals surface area contributed by atoms with Gasteiger partial charge in [0, 0.05) is 19.3 Å². The zero-order valence-corrected chi connectivity index (χ0v) is 8.73. The predicted molar refractivity (Wildman–Crippen MR) is 56.2 cm³/mol. The molecule has 0 aliphatic carbocycles. The van der Waals surface area contributed by atoms with Gasteiger partial charge in [0.2, 0.25) is 0 Å². The molecule has 2 unspecified atom stereocenters. The Morgan fingerprint density at radius 1 is 1.60 bits per heavy atom. The highest BCUT2D eigenvalue weighted by Crippen LogP contribution is 2.23. The van der Waals surface area contributed by atoms with Gasteiger partial charge >= 0.3 is 0 Å². The minimum absolute atomic E-state index is 0.167. The number of rotatable bonds is 1. The minimum atomic E-state index is -0.291. The van der Waals surface area contributed by atoms with Crippen LogP contribution in [0, 0.1) is 11.7 Å². The Bertz CT molecular complexity index is 345. The van der Waals surface area contributed by atoms with Crippen molar-refractivity contribution >= 4 is 5.82 Å². The highest BCUT2D eigenvalue weighted by atomic mass is 19.1. The molecule has 2 rings (SSSR count). The highest BCUT2D eigenvalue weighted by Gasteiger charge is 2.26. The Morgan fingerprint density at radius 2 is 2.40 bits per heavy atom. The summed E-state index contributed by atoms with van der Waals surface area (Å²) >= 11 is 0. The molecular formula is C11H15FN2O. The topological polar surface area (TPSA) is 36.4 Å². The van der Waals surface area contributed by atoms with Crippen molar-refractivity contribution in [3.63, 3.8) is 0 Å². The van der Waals surface area contributed by atoms with Crippen LogP contribution in [0.1, 0.15) is 13.3 Å². The molecule has 0 spiro atoms. The molecule has 2 atom stereocenters. The summed E-state index contributed by atoms with van der Waals surface area (Å²) < 4.78 is 13.4. The van der Waals surface area contributed by atoms with E-state index < -0.39 is 0 Å². The maximum Gasteiger partial charge on any atom is 0.165 e. The Labute approximate surface area is 88.6 Å². The largest absolute Gasteiger partial charge is 0.393 e. The third-order valence-corrected chi connectivity index (χ3v) is 2.90. The van der Waals surface area contributed by atoms with Gasteiger partial charge in [0.05, 0.1) is 6.10 Å². The molecule has 0 radical (unpaired) electrons. The summed E-state index contributed by atoms with van der Waals surface area (Å²) in [6.07, 6.45) is 2.00. The van der Waals surface area contributed by atoms with Gasteiger partial charge in [-0.3, -0.25) is 0 Å². The van der Waals surface area contributed by atoms with Crippen molar-refractivity contribution < 1.29 is 9.50 Å². The number of aliphatic hydroxyl groups is 1. The molecule has 1 fully saturated rings. The molecule has 1 aliphatic rings. The first-order valence-corrected chi connectivity index (χ1v) is 5.22. The normalized spacial score (nSPS) is 26.7. The number of nitrogens with zero attached hydrogens (tertiary/aromatic N) is 2. The van der Waals surface area contributed by atoms with Crippen LogP contribution in [0.4, 0.5) is 10.2 Å². The molecule has 0 bridgehead atoms. The van der Waals surface area contributed by atoms with Crippen molar-refractivity contribution in [2.24, 2.45) is 5.92 Å². The van der Waals surface area contributed by atoms with Crippen LogP contribution in [0.25, 0.3) is 0 Å². The average molecular weight is 210 g/mol. The van der Waals surface area contributed by atoms with E-state index in [9.17, 15) is 9.50 Å². The molecule has 3 nitrogen and oxygen atoms in total. The lowest BCUT2D eigenvalue weighted by atomic mass is 9.97. The van der Waals surface area contributed by atoms with Crippen molar-refractivity contribution in [1.29, 1.82) is 0 Å². The summed E-state index contributed by atoms with van der Waals surface area (Å²) in [5.74, 6) is 0.275. The molecule has 15 heavy (non-hydrogen) atoms. The first-order valence-electron chi connectivity index (χ1n) is 5.22. The Balaban J connectivity index is 2.15. The number of hydrogen-bond donors (Lipinski definition) is 1.